The van der Waals surface area contributed by atoms with Gasteiger partial charge in [0.15, 0.2) is 0 Å². The van der Waals surface area contributed by atoms with E-state index in [1.54, 1.807) is 6.08 Å². The highest BCUT2D eigenvalue weighted by atomic mass is 16.5. The van der Waals surface area contributed by atoms with Crippen LogP contribution >= 0.6 is 0 Å². The van der Waals surface area contributed by atoms with Crippen molar-refractivity contribution in [3.63, 3.8) is 0 Å². The number of benzene rings is 2. The summed E-state index contributed by atoms with van der Waals surface area (Å²) in [5.41, 5.74) is 2.10. The third-order valence-corrected chi connectivity index (χ3v) is 6.34. The van der Waals surface area contributed by atoms with Crippen LogP contribution in [-0.2, 0) is 11.4 Å². The number of rotatable bonds is 7. The van der Waals surface area contributed by atoms with Crippen LogP contribution in [-0.4, -0.2) is 11.9 Å². The Kier molecular flexibility index (Phi) is 5.80. The molecule has 2 aliphatic rings. The topological polar surface area (TPSA) is 38.3 Å². The van der Waals surface area contributed by atoms with Crippen LogP contribution in [0.5, 0.6) is 5.75 Å². The maximum atomic E-state index is 12.4. The Hall–Kier alpha value is -2.55. The van der Waals surface area contributed by atoms with E-state index in [0.29, 0.717) is 12.5 Å². The molecule has 3 nitrogen and oxygen atoms in total. The highest BCUT2D eigenvalue weighted by molar-refractivity contribution is 5.91. The van der Waals surface area contributed by atoms with Crippen LogP contribution in [0.25, 0.3) is 6.08 Å². The van der Waals surface area contributed by atoms with Gasteiger partial charge in [0.25, 0.3) is 0 Å². The number of nitrogens with one attached hydrogen (secondary N) is 1. The highest BCUT2D eigenvalue weighted by Crippen LogP contribution is 2.49. The average molecular weight is 376 g/mol. The van der Waals surface area contributed by atoms with Crippen molar-refractivity contribution in [2.75, 3.05) is 0 Å². The summed E-state index contributed by atoms with van der Waals surface area (Å²) in [4.78, 5) is 12.4. The second-order valence-corrected chi connectivity index (χ2v) is 8.32. The summed E-state index contributed by atoms with van der Waals surface area (Å²) in [5, 5.41) is 3.18. The van der Waals surface area contributed by atoms with Gasteiger partial charge in [-0.05, 0) is 73.3 Å². The van der Waals surface area contributed by atoms with Crippen LogP contribution in [0.3, 0.4) is 0 Å². The minimum atomic E-state index is -0.00844. The average Bonchev–Trinajstić information content (AvgIpc) is 3.36. The standard InChI is InChI=1S/C25H29NO2/c1-18(24-16-21-10-12-22(24)14-21)26-25(27)13-11-19-8-5-9-23(15-19)28-17-20-6-3-2-4-7-20/h2-9,11,13,15,18,21-22,24H,10,12,14,16-17H2,1H3,(H,26,27)/b13-11+. The minimum Gasteiger partial charge on any atom is -0.489 e. The van der Waals surface area contributed by atoms with Crippen LogP contribution in [0, 0.1) is 17.8 Å². The van der Waals surface area contributed by atoms with Crippen molar-refractivity contribution in [2.45, 2.75) is 45.3 Å². The Morgan fingerprint density at radius 1 is 1.14 bits per heavy atom. The molecule has 0 radical (unpaired) electrons. The van der Waals surface area contributed by atoms with Gasteiger partial charge in [0.1, 0.15) is 12.4 Å². The summed E-state index contributed by atoms with van der Waals surface area (Å²) in [6.45, 7) is 2.70. The fourth-order valence-electron chi connectivity index (χ4n) is 4.91. The van der Waals surface area contributed by atoms with Gasteiger partial charge in [0, 0.05) is 12.1 Å². The van der Waals surface area contributed by atoms with Gasteiger partial charge in [-0.15, -0.1) is 0 Å². The van der Waals surface area contributed by atoms with E-state index in [1.165, 1.54) is 25.7 Å². The first-order valence-electron chi connectivity index (χ1n) is 10.4. The first-order chi connectivity index (χ1) is 13.7. The molecule has 1 amide bonds. The molecule has 2 aromatic rings. The van der Waals surface area contributed by atoms with Gasteiger partial charge in [-0.1, -0.05) is 48.9 Å². The fourth-order valence-corrected chi connectivity index (χ4v) is 4.91. The zero-order valence-electron chi connectivity index (χ0n) is 16.5. The van der Waals surface area contributed by atoms with Gasteiger partial charge in [0.2, 0.25) is 5.91 Å². The van der Waals surface area contributed by atoms with Crippen molar-refractivity contribution in [2.24, 2.45) is 17.8 Å². The van der Waals surface area contributed by atoms with Crippen LogP contribution in [0.15, 0.2) is 60.7 Å². The van der Waals surface area contributed by atoms with E-state index in [-0.39, 0.29) is 11.9 Å². The van der Waals surface area contributed by atoms with Gasteiger partial charge >= 0.3 is 0 Å². The summed E-state index contributed by atoms with van der Waals surface area (Å²) in [5.74, 6) is 3.18. The SMILES string of the molecule is CC(NC(=O)/C=C/c1cccc(OCc2ccccc2)c1)C1CC2CCC1C2. The second-order valence-electron chi connectivity index (χ2n) is 8.32. The lowest BCUT2D eigenvalue weighted by molar-refractivity contribution is -0.117. The van der Waals surface area contributed by atoms with E-state index in [4.69, 9.17) is 4.74 Å². The van der Waals surface area contributed by atoms with Crippen LogP contribution in [0.1, 0.15) is 43.7 Å². The molecule has 0 spiro atoms. The Bertz CT molecular complexity index is 829. The number of ether oxygens (including phenoxy) is 1. The molecule has 0 heterocycles. The summed E-state index contributed by atoms with van der Waals surface area (Å²) in [6, 6.07) is 18.2. The lowest BCUT2D eigenvalue weighted by atomic mass is 9.84. The van der Waals surface area contributed by atoms with E-state index in [1.807, 2.05) is 60.7 Å². The number of hydrogen-bond donors (Lipinski definition) is 1. The minimum absolute atomic E-state index is 0.00844. The molecule has 4 atom stereocenters. The molecule has 146 valence electrons. The maximum Gasteiger partial charge on any atom is 0.244 e. The predicted octanol–water partition coefficient (Wildman–Crippen LogP) is 5.22. The Morgan fingerprint density at radius 2 is 2.00 bits per heavy atom. The van der Waals surface area contributed by atoms with Crippen molar-refractivity contribution < 1.29 is 9.53 Å². The van der Waals surface area contributed by atoms with Gasteiger partial charge < -0.3 is 10.1 Å². The molecule has 0 aromatic heterocycles. The van der Waals surface area contributed by atoms with E-state index < -0.39 is 0 Å². The zero-order valence-corrected chi connectivity index (χ0v) is 16.5. The van der Waals surface area contributed by atoms with Crippen molar-refractivity contribution in [3.8, 4) is 5.75 Å². The Labute approximate surface area is 167 Å². The van der Waals surface area contributed by atoms with Crippen LogP contribution in [0.2, 0.25) is 0 Å². The van der Waals surface area contributed by atoms with Crippen molar-refractivity contribution in [3.05, 3.63) is 71.8 Å². The third-order valence-electron chi connectivity index (χ3n) is 6.34. The Balaban J connectivity index is 1.29. The summed E-state index contributed by atoms with van der Waals surface area (Å²) >= 11 is 0. The van der Waals surface area contributed by atoms with Crippen molar-refractivity contribution >= 4 is 12.0 Å². The summed E-state index contributed by atoms with van der Waals surface area (Å²) in [6.07, 6.45) is 8.90. The van der Waals surface area contributed by atoms with Crippen molar-refractivity contribution in [1.82, 2.24) is 5.32 Å². The molecule has 4 rings (SSSR count). The molecular formula is C25H29NO2. The van der Waals surface area contributed by atoms with Crippen molar-refractivity contribution in [1.29, 1.82) is 0 Å². The van der Waals surface area contributed by atoms with E-state index in [9.17, 15) is 4.79 Å². The van der Waals surface area contributed by atoms with Crippen LogP contribution in [0.4, 0.5) is 0 Å². The van der Waals surface area contributed by atoms with Gasteiger partial charge in [-0.3, -0.25) is 4.79 Å². The first kappa shape index (κ1) is 18.8. The Morgan fingerprint density at radius 3 is 2.75 bits per heavy atom. The third kappa shape index (κ3) is 4.64. The van der Waals surface area contributed by atoms with E-state index in [2.05, 4.69) is 12.2 Å². The van der Waals surface area contributed by atoms with Gasteiger partial charge in [-0.25, -0.2) is 0 Å². The maximum absolute atomic E-state index is 12.4. The molecule has 0 saturated heterocycles. The number of carbonyl (C=O) groups is 1. The zero-order chi connectivity index (χ0) is 19.3. The molecule has 2 fully saturated rings. The van der Waals surface area contributed by atoms with Gasteiger partial charge in [-0.2, -0.15) is 0 Å². The number of fused-ring (bicyclic) bond motifs is 2. The van der Waals surface area contributed by atoms with E-state index >= 15 is 0 Å². The lowest BCUT2D eigenvalue weighted by Crippen LogP contribution is -2.39. The number of amides is 1. The molecule has 28 heavy (non-hydrogen) atoms. The normalized spacial score (nSPS) is 24.4. The number of carbonyl (C=O) groups excluding carboxylic acids is 1. The molecule has 3 heteroatoms. The molecule has 2 saturated carbocycles. The highest BCUT2D eigenvalue weighted by Gasteiger charge is 2.41. The summed E-state index contributed by atoms with van der Waals surface area (Å²) < 4.78 is 5.87. The second kappa shape index (κ2) is 8.64. The summed E-state index contributed by atoms with van der Waals surface area (Å²) in [7, 11) is 0. The first-order valence-corrected chi connectivity index (χ1v) is 10.4. The smallest absolute Gasteiger partial charge is 0.244 e. The van der Waals surface area contributed by atoms with Gasteiger partial charge in [0.05, 0.1) is 0 Å². The molecular weight excluding hydrogens is 346 g/mol. The molecule has 2 aromatic carbocycles. The lowest BCUT2D eigenvalue weighted by Gasteiger charge is -2.28. The van der Waals surface area contributed by atoms with E-state index in [0.717, 1.165) is 28.7 Å². The van der Waals surface area contributed by atoms with Crippen LogP contribution < -0.4 is 10.1 Å². The number of hydrogen-bond acceptors (Lipinski definition) is 2. The fraction of sp³-hybridized carbons (Fsp3) is 0.400. The largest absolute Gasteiger partial charge is 0.489 e. The molecule has 1 N–H and O–H groups in total. The quantitative estimate of drug-likeness (QED) is 0.674. The molecule has 4 unspecified atom stereocenters. The monoisotopic (exact) mass is 375 g/mol. The molecule has 2 aliphatic carbocycles. The molecule has 0 aliphatic heterocycles. The predicted molar refractivity (Wildman–Crippen MR) is 113 cm³/mol. The molecule has 2 bridgehead atoms.